The topological polar surface area (TPSA) is 3.24 Å². The molecule has 3 aliphatic rings. The van der Waals surface area contributed by atoms with Gasteiger partial charge in [0.15, 0.2) is 0 Å². The SMILES string of the molecule is CC1(c2ccccc2)C(c2ccccc2)C2CCN1CC2. The summed E-state index contributed by atoms with van der Waals surface area (Å²) >= 11 is 0. The van der Waals surface area contributed by atoms with Crippen LogP contribution in [0.15, 0.2) is 60.7 Å². The maximum Gasteiger partial charge on any atom is 0.0503 e. The van der Waals surface area contributed by atoms with Crippen molar-refractivity contribution in [2.24, 2.45) is 5.92 Å². The molecular weight excluding hydrogens is 254 g/mol. The second-order valence-corrected chi connectivity index (χ2v) is 6.73. The fourth-order valence-electron chi connectivity index (χ4n) is 4.75. The highest BCUT2D eigenvalue weighted by molar-refractivity contribution is 5.35. The van der Waals surface area contributed by atoms with Gasteiger partial charge in [0.2, 0.25) is 0 Å². The first-order valence-electron chi connectivity index (χ1n) is 8.15. The fourth-order valence-corrected chi connectivity index (χ4v) is 4.75. The van der Waals surface area contributed by atoms with E-state index in [0.29, 0.717) is 5.92 Å². The summed E-state index contributed by atoms with van der Waals surface area (Å²) in [7, 11) is 0. The van der Waals surface area contributed by atoms with Crippen molar-refractivity contribution in [3.8, 4) is 0 Å². The third kappa shape index (κ3) is 1.95. The van der Waals surface area contributed by atoms with Crippen LogP contribution in [0.25, 0.3) is 0 Å². The summed E-state index contributed by atoms with van der Waals surface area (Å²) in [4.78, 5) is 2.72. The zero-order valence-electron chi connectivity index (χ0n) is 12.7. The van der Waals surface area contributed by atoms with Crippen LogP contribution in [0, 0.1) is 5.92 Å². The van der Waals surface area contributed by atoms with Crippen LogP contribution in [0.5, 0.6) is 0 Å². The Bertz CT molecular complexity index is 598. The van der Waals surface area contributed by atoms with Crippen molar-refractivity contribution >= 4 is 0 Å². The van der Waals surface area contributed by atoms with Gasteiger partial charge in [-0.1, -0.05) is 60.7 Å². The van der Waals surface area contributed by atoms with Gasteiger partial charge < -0.3 is 0 Å². The molecule has 21 heavy (non-hydrogen) atoms. The number of nitrogens with zero attached hydrogens (tertiary/aromatic N) is 1. The minimum absolute atomic E-state index is 0.143. The highest BCUT2D eigenvalue weighted by Gasteiger charge is 2.51. The molecule has 2 aromatic carbocycles. The first-order chi connectivity index (χ1) is 10.3. The van der Waals surface area contributed by atoms with E-state index in [2.05, 4.69) is 72.5 Å². The lowest BCUT2D eigenvalue weighted by molar-refractivity contribution is -0.0455. The second-order valence-electron chi connectivity index (χ2n) is 6.73. The Balaban J connectivity index is 1.86. The number of piperidine rings is 3. The van der Waals surface area contributed by atoms with Gasteiger partial charge in [0.1, 0.15) is 0 Å². The molecule has 1 nitrogen and oxygen atoms in total. The third-order valence-corrected chi connectivity index (χ3v) is 5.79. The van der Waals surface area contributed by atoms with Crippen molar-refractivity contribution in [3.63, 3.8) is 0 Å². The van der Waals surface area contributed by atoms with Crippen LogP contribution in [-0.2, 0) is 5.54 Å². The molecule has 5 rings (SSSR count). The Morgan fingerprint density at radius 3 is 2.05 bits per heavy atom. The molecule has 2 aromatic rings. The van der Waals surface area contributed by atoms with Crippen molar-refractivity contribution < 1.29 is 0 Å². The molecular formula is C20H23N. The van der Waals surface area contributed by atoms with Crippen LogP contribution in [0.3, 0.4) is 0 Å². The minimum atomic E-state index is 0.143. The van der Waals surface area contributed by atoms with Crippen LogP contribution in [-0.4, -0.2) is 18.0 Å². The van der Waals surface area contributed by atoms with Gasteiger partial charge in [-0.15, -0.1) is 0 Å². The van der Waals surface area contributed by atoms with Crippen LogP contribution >= 0.6 is 0 Å². The quantitative estimate of drug-likeness (QED) is 0.786. The Morgan fingerprint density at radius 2 is 1.43 bits per heavy atom. The lowest BCUT2D eigenvalue weighted by atomic mass is 9.61. The number of rotatable bonds is 2. The third-order valence-electron chi connectivity index (χ3n) is 5.79. The standard InChI is InChI=1S/C20H23N/c1-20(18-10-6-3-7-11-18)19(16-8-4-2-5-9-16)17-12-14-21(20)15-13-17/h2-11,17,19H,12-15H2,1H3. The Labute approximate surface area is 127 Å². The molecule has 108 valence electrons. The predicted molar refractivity (Wildman–Crippen MR) is 87.3 cm³/mol. The zero-order valence-corrected chi connectivity index (χ0v) is 12.7. The van der Waals surface area contributed by atoms with Crippen molar-refractivity contribution in [2.75, 3.05) is 13.1 Å². The lowest BCUT2D eigenvalue weighted by Gasteiger charge is -2.58. The molecule has 3 heterocycles. The van der Waals surface area contributed by atoms with Gasteiger partial charge in [0.05, 0.1) is 5.54 Å². The smallest absolute Gasteiger partial charge is 0.0503 e. The van der Waals surface area contributed by atoms with Crippen molar-refractivity contribution in [1.82, 2.24) is 4.90 Å². The van der Waals surface area contributed by atoms with Crippen molar-refractivity contribution in [3.05, 3.63) is 71.8 Å². The fraction of sp³-hybridized carbons (Fsp3) is 0.400. The second kappa shape index (κ2) is 4.99. The molecule has 3 saturated heterocycles. The summed E-state index contributed by atoms with van der Waals surface area (Å²) in [5.41, 5.74) is 3.13. The average Bonchev–Trinajstić information content (AvgIpc) is 2.57. The monoisotopic (exact) mass is 277 g/mol. The van der Waals surface area contributed by atoms with Crippen LogP contribution in [0.1, 0.15) is 36.8 Å². The summed E-state index contributed by atoms with van der Waals surface area (Å²) in [5, 5.41) is 0. The molecule has 0 radical (unpaired) electrons. The van der Waals surface area contributed by atoms with E-state index in [9.17, 15) is 0 Å². The van der Waals surface area contributed by atoms with E-state index >= 15 is 0 Å². The molecule has 0 aromatic heterocycles. The molecule has 3 fully saturated rings. The summed E-state index contributed by atoms with van der Waals surface area (Å²) in [6.45, 7) is 4.96. The molecule has 2 bridgehead atoms. The summed E-state index contributed by atoms with van der Waals surface area (Å²) in [6, 6.07) is 22.3. The van der Waals surface area contributed by atoms with E-state index in [4.69, 9.17) is 0 Å². The van der Waals surface area contributed by atoms with Crippen LogP contribution in [0.2, 0.25) is 0 Å². The van der Waals surface area contributed by atoms with Crippen molar-refractivity contribution in [2.45, 2.75) is 31.2 Å². The molecule has 2 unspecified atom stereocenters. The van der Waals surface area contributed by atoms with E-state index < -0.39 is 0 Å². The van der Waals surface area contributed by atoms with Gasteiger partial charge in [-0.3, -0.25) is 4.90 Å². The first-order valence-corrected chi connectivity index (χ1v) is 8.15. The van der Waals surface area contributed by atoms with Gasteiger partial charge in [0.25, 0.3) is 0 Å². The predicted octanol–water partition coefficient (Wildman–Crippen LogP) is 4.41. The summed E-state index contributed by atoms with van der Waals surface area (Å²) in [5.74, 6) is 1.44. The maximum absolute atomic E-state index is 2.72. The van der Waals surface area contributed by atoms with Crippen molar-refractivity contribution in [1.29, 1.82) is 0 Å². The average molecular weight is 277 g/mol. The Morgan fingerprint density at radius 1 is 0.857 bits per heavy atom. The highest BCUT2D eigenvalue weighted by Crippen LogP contribution is 2.54. The number of benzene rings is 2. The Kier molecular flexibility index (Phi) is 3.11. The van der Waals surface area contributed by atoms with Gasteiger partial charge in [0, 0.05) is 5.92 Å². The van der Waals surface area contributed by atoms with E-state index in [1.54, 1.807) is 0 Å². The molecule has 0 N–H and O–H groups in total. The van der Waals surface area contributed by atoms with Gasteiger partial charge in [-0.2, -0.15) is 0 Å². The largest absolute Gasteiger partial charge is 0.293 e. The normalized spacial score (nSPS) is 34.8. The Hall–Kier alpha value is -1.60. The summed E-state index contributed by atoms with van der Waals surface area (Å²) in [6.07, 6.45) is 2.70. The van der Waals surface area contributed by atoms with Crippen LogP contribution < -0.4 is 0 Å². The molecule has 1 heteroatoms. The molecule has 0 aliphatic carbocycles. The maximum atomic E-state index is 2.72. The number of hydrogen-bond donors (Lipinski definition) is 0. The van der Waals surface area contributed by atoms with E-state index in [1.165, 1.54) is 37.1 Å². The molecule has 2 atom stereocenters. The van der Waals surface area contributed by atoms with E-state index in [1.807, 2.05) is 0 Å². The van der Waals surface area contributed by atoms with E-state index in [-0.39, 0.29) is 5.54 Å². The van der Waals surface area contributed by atoms with Gasteiger partial charge >= 0.3 is 0 Å². The van der Waals surface area contributed by atoms with Gasteiger partial charge in [-0.05, 0) is 49.9 Å². The summed E-state index contributed by atoms with van der Waals surface area (Å²) < 4.78 is 0. The molecule has 0 amide bonds. The highest BCUT2D eigenvalue weighted by atomic mass is 15.2. The first kappa shape index (κ1) is 13.1. The van der Waals surface area contributed by atoms with E-state index in [0.717, 1.165) is 5.92 Å². The number of hydrogen-bond acceptors (Lipinski definition) is 1. The molecule has 0 saturated carbocycles. The molecule has 0 spiro atoms. The van der Waals surface area contributed by atoms with Crippen LogP contribution in [0.4, 0.5) is 0 Å². The van der Waals surface area contributed by atoms with Gasteiger partial charge in [-0.25, -0.2) is 0 Å². The lowest BCUT2D eigenvalue weighted by Crippen LogP contribution is -2.59. The minimum Gasteiger partial charge on any atom is -0.293 e. The molecule has 3 aliphatic heterocycles. The number of fused-ring (bicyclic) bond motifs is 3. The zero-order chi connectivity index (χ0) is 14.3.